The van der Waals surface area contributed by atoms with Crippen LogP contribution in [0.2, 0.25) is 0 Å². The normalized spacial score (nSPS) is 21.0. The van der Waals surface area contributed by atoms with Gasteiger partial charge in [0.05, 0.1) is 5.41 Å². The number of hydrogen-bond acceptors (Lipinski definition) is 2. The predicted octanol–water partition coefficient (Wildman–Crippen LogP) is 3.52. The van der Waals surface area contributed by atoms with Crippen LogP contribution in [0.1, 0.15) is 56.1 Å². The summed E-state index contributed by atoms with van der Waals surface area (Å²) in [6.07, 6.45) is 5.92. The average molecular weight is 329 g/mol. The van der Waals surface area contributed by atoms with Crippen LogP contribution < -0.4 is 0 Å². The molecule has 1 aliphatic heterocycles. The zero-order valence-corrected chi connectivity index (χ0v) is 14.5. The number of hydrogen-bond donors (Lipinski definition) is 1. The molecule has 0 bridgehead atoms. The highest BCUT2D eigenvalue weighted by molar-refractivity contribution is 5.88. The first-order chi connectivity index (χ1) is 11.5. The van der Waals surface area contributed by atoms with Crippen molar-refractivity contribution in [1.29, 1.82) is 0 Å². The van der Waals surface area contributed by atoms with Gasteiger partial charge >= 0.3 is 5.97 Å². The second kappa shape index (κ2) is 6.96. The molecule has 1 saturated carbocycles. The largest absolute Gasteiger partial charge is 0.481 e. The Kier molecular flexibility index (Phi) is 4.93. The van der Waals surface area contributed by atoms with Crippen molar-refractivity contribution in [1.82, 2.24) is 4.90 Å². The first-order valence-corrected chi connectivity index (χ1v) is 9.09. The molecule has 1 saturated heterocycles. The van der Waals surface area contributed by atoms with Gasteiger partial charge in [0.15, 0.2) is 0 Å². The van der Waals surface area contributed by atoms with Crippen LogP contribution in [0, 0.1) is 12.8 Å². The fraction of sp³-hybridized carbons (Fsp3) is 0.600. The van der Waals surface area contributed by atoms with Crippen molar-refractivity contribution < 1.29 is 14.7 Å². The van der Waals surface area contributed by atoms with Gasteiger partial charge in [0.2, 0.25) is 5.91 Å². The Bertz CT molecular complexity index is 611. The monoisotopic (exact) mass is 329 g/mol. The van der Waals surface area contributed by atoms with Crippen molar-refractivity contribution in [3.8, 4) is 0 Å². The minimum atomic E-state index is -0.730. The topological polar surface area (TPSA) is 57.6 Å². The van der Waals surface area contributed by atoms with Gasteiger partial charge in [-0.15, -0.1) is 0 Å². The molecule has 2 aliphatic rings. The molecular weight excluding hydrogens is 302 g/mol. The fourth-order valence-corrected chi connectivity index (χ4v) is 4.44. The molecule has 0 atom stereocenters. The highest BCUT2D eigenvalue weighted by atomic mass is 16.4. The van der Waals surface area contributed by atoms with Crippen LogP contribution in [0.25, 0.3) is 0 Å². The average Bonchev–Trinajstić information content (AvgIpc) is 3.05. The third-order valence-corrected chi connectivity index (χ3v) is 5.80. The quantitative estimate of drug-likeness (QED) is 0.919. The molecule has 1 heterocycles. The standard InChI is InChI=1S/C20H27NO3/c1-15-5-4-6-17(13-15)20(9-2-3-10-20)19(24)21-11-7-16(8-12-21)14-18(22)23/h4-6,13,16H,2-3,7-12,14H2,1H3,(H,22,23). The number of benzene rings is 1. The zero-order chi connectivity index (χ0) is 17.2. The number of carbonyl (C=O) groups excluding carboxylic acids is 1. The van der Waals surface area contributed by atoms with Crippen molar-refractivity contribution >= 4 is 11.9 Å². The molecule has 0 aromatic heterocycles. The number of amides is 1. The molecule has 3 rings (SSSR count). The number of carboxylic acid groups (broad SMARTS) is 1. The second-order valence-electron chi connectivity index (χ2n) is 7.49. The summed E-state index contributed by atoms with van der Waals surface area (Å²) in [5.74, 6) is -0.253. The van der Waals surface area contributed by atoms with Crippen molar-refractivity contribution in [3.63, 3.8) is 0 Å². The van der Waals surface area contributed by atoms with E-state index in [2.05, 4.69) is 31.2 Å². The van der Waals surface area contributed by atoms with E-state index in [0.29, 0.717) is 13.1 Å². The van der Waals surface area contributed by atoms with E-state index in [1.54, 1.807) is 0 Å². The summed E-state index contributed by atoms with van der Waals surface area (Å²) < 4.78 is 0. The van der Waals surface area contributed by atoms with Gasteiger partial charge in [-0.3, -0.25) is 9.59 Å². The van der Waals surface area contributed by atoms with Gasteiger partial charge in [-0.25, -0.2) is 0 Å². The fourth-order valence-electron chi connectivity index (χ4n) is 4.44. The van der Waals surface area contributed by atoms with Gasteiger partial charge in [-0.1, -0.05) is 42.7 Å². The van der Waals surface area contributed by atoms with E-state index in [4.69, 9.17) is 5.11 Å². The first kappa shape index (κ1) is 17.0. The van der Waals surface area contributed by atoms with Crippen LogP contribution >= 0.6 is 0 Å². The molecular formula is C20H27NO3. The summed E-state index contributed by atoms with van der Waals surface area (Å²) in [5.41, 5.74) is 2.01. The van der Waals surface area contributed by atoms with E-state index >= 15 is 0 Å². The highest BCUT2D eigenvalue weighted by Crippen LogP contribution is 2.43. The Hall–Kier alpha value is -1.84. The summed E-state index contributed by atoms with van der Waals surface area (Å²) >= 11 is 0. The summed E-state index contributed by atoms with van der Waals surface area (Å²) in [6, 6.07) is 8.40. The van der Waals surface area contributed by atoms with E-state index < -0.39 is 5.97 Å². The number of piperidine rings is 1. The summed E-state index contributed by atoms with van der Waals surface area (Å²) in [6.45, 7) is 3.47. The molecule has 4 heteroatoms. The van der Waals surface area contributed by atoms with Crippen LogP contribution in [0.4, 0.5) is 0 Å². The third kappa shape index (κ3) is 3.33. The maximum atomic E-state index is 13.4. The molecule has 24 heavy (non-hydrogen) atoms. The number of aliphatic carboxylic acids is 1. The van der Waals surface area contributed by atoms with Crippen molar-refractivity contribution in [3.05, 3.63) is 35.4 Å². The third-order valence-electron chi connectivity index (χ3n) is 5.80. The predicted molar refractivity (Wildman–Crippen MR) is 92.9 cm³/mol. The molecule has 0 unspecified atom stereocenters. The Balaban J connectivity index is 1.75. The number of likely N-dealkylation sites (tertiary alicyclic amines) is 1. The number of carboxylic acids is 1. The van der Waals surface area contributed by atoms with Gasteiger partial charge in [0, 0.05) is 19.5 Å². The Morgan fingerprint density at radius 3 is 2.46 bits per heavy atom. The molecule has 1 aromatic rings. The molecule has 0 spiro atoms. The summed E-state index contributed by atoms with van der Waals surface area (Å²) in [7, 11) is 0. The maximum Gasteiger partial charge on any atom is 0.303 e. The van der Waals surface area contributed by atoms with Crippen molar-refractivity contribution in [2.75, 3.05) is 13.1 Å². The lowest BCUT2D eigenvalue weighted by atomic mass is 9.76. The summed E-state index contributed by atoms with van der Waals surface area (Å²) in [5, 5.41) is 8.95. The van der Waals surface area contributed by atoms with E-state index in [0.717, 1.165) is 44.1 Å². The van der Waals surface area contributed by atoms with Gasteiger partial charge in [-0.05, 0) is 44.1 Å². The molecule has 1 amide bonds. The van der Waals surface area contributed by atoms with Crippen LogP contribution in [-0.4, -0.2) is 35.0 Å². The maximum absolute atomic E-state index is 13.4. The summed E-state index contributed by atoms with van der Waals surface area (Å²) in [4.78, 5) is 26.2. The van der Waals surface area contributed by atoms with Gasteiger partial charge in [-0.2, -0.15) is 0 Å². The molecule has 1 aliphatic carbocycles. The van der Waals surface area contributed by atoms with Crippen LogP contribution in [0.5, 0.6) is 0 Å². The lowest BCUT2D eigenvalue weighted by Gasteiger charge is -2.38. The lowest BCUT2D eigenvalue weighted by Crippen LogP contribution is -2.48. The molecule has 1 N–H and O–H groups in total. The first-order valence-electron chi connectivity index (χ1n) is 9.09. The molecule has 0 radical (unpaired) electrons. The Morgan fingerprint density at radius 1 is 1.21 bits per heavy atom. The lowest BCUT2D eigenvalue weighted by molar-refractivity contribution is -0.140. The van der Waals surface area contributed by atoms with Crippen molar-refractivity contribution in [2.24, 2.45) is 5.92 Å². The highest BCUT2D eigenvalue weighted by Gasteiger charge is 2.45. The molecule has 4 nitrogen and oxygen atoms in total. The smallest absolute Gasteiger partial charge is 0.303 e. The zero-order valence-electron chi connectivity index (χ0n) is 14.5. The van der Waals surface area contributed by atoms with E-state index in [9.17, 15) is 9.59 Å². The van der Waals surface area contributed by atoms with Gasteiger partial charge in [0.1, 0.15) is 0 Å². The Labute approximate surface area is 143 Å². The second-order valence-corrected chi connectivity index (χ2v) is 7.49. The van der Waals surface area contributed by atoms with Crippen molar-refractivity contribution in [2.45, 2.75) is 57.3 Å². The van der Waals surface area contributed by atoms with Crippen LogP contribution in [0.15, 0.2) is 24.3 Å². The molecule has 1 aromatic carbocycles. The number of rotatable bonds is 4. The van der Waals surface area contributed by atoms with Crippen LogP contribution in [0.3, 0.4) is 0 Å². The Morgan fingerprint density at radius 2 is 1.88 bits per heavy atom. The molecule has 130 valence electrons. The van der Waals surface area contributed by atoms with Gasteiger partial charge in [0.25, 0.3) is 0 Å². The van der Waals surface area contributed by atoms with E-state index in [1.165, 1.54) is 5.56 Å². The minimum Gasteiger partial charge on any atom is -0.481 e. The number of nitrogens with zero attached hydrogens (tertiary/aromatic N) is 1. The SMILES string of the molecule is Cc1cccc(C2(C(=O)N3CCC(CC(=O)O)CC3)CCCC2)c1. The molecule has 2 fully saturated rings. The van der Waals surface area contributed by atoms with Crippen LogP contribution in [-0.2, 0) is 15.0 Å². The minimum absolute atomic E-state index is 0.213. The van der Waals surface area contributed by atoms with E-state index in [-0.39, 0.29) is 23.7 Å². The number of aryl methyl sites for hydroxylation is 1. The van der Waals surface area contributed by atoms with E-state index in [1.807, 2.05) is 4.90 Å². The van der Waals surface area contributed by atoms with Gasteiger partial charge < -0.3 is 10.0 Å². The number of carbonyl (C=O) groups is 2.